The zero-order valence-electron chi connectivity index (χ0n) is 20.0. The summed E-state index contributed by atoms with van der Waals surface area (Å²) in [6.45, 7) is 11.6. The zero-order valence-corrected chi connectivity index (χ0v) is 20.0. The van der Waals surface area contributed by atoms with Crippen molar-refractivity contribution in [2.24, 2.45) is 0 Å². The molecular weight excluding hydrogens is 416 g/mol. The van der Waals surface area contributed by atoms with Crippen LogP contribution in [0.5, 0.6) is 5.75 Å². The first-order chi connectivity index (χ1) is 15.9. The minimum Gasteiger partial charge on any atom is -0.507 e. The lowest BCUT2D eigenvalue weighted by Gasteiger charge is -2.28. The molecule has 1 fully saturated rings. The Balaban J connectivity index is 2.02. The predicted molar refractivity (Wildman–Crippen MR) is 130 cm³/mol. The molecule has 0 radical (unpaired) electrons. The van der Waals surface area contributed by atoms with Gasteiger partial charge in [0.25, 0.3) is 11.7 Å². The number of rotatable bonds is 10. The molecule has 1 amide bonds. The van der Waals surface area contributed by atoms with Gasteiger partial charge in [-0.1, -0.05) is 50.6 Å². The van der Waals surface area contributed by atoms with Gasteiger partial charge in [0, 0.05) is 18.7 Å². The molecule has 1 aliphatic heterocycles. The third kappa shape index (κ3) is 5.45. The van der Waals surface area contributed by atoms with Crippen LogP contribution in [0.15, 0.2) is 54.1 Å². The van der Waals surface area contributed by atoms with E-state index in [2.05, 4.69) is 18.7 Å². The van der Waals surface area contributed by atoms with Gasteiger partial charge in [-0.2, -0.15) is 0 Å². The number of Topliss-reactive ketones (excluding diaryl/α,β-unsaturated/α-hetero) is 1. The molecule has 0 saturated carbocycles. The monoisotopic (exact) mass is 450 g/mol. The third-order valence-electron chi connectivity index (χ3n) is 6.09. The maximum atomic E-state index is 13.1. The van der Waals surface area contributed by atoms with Crippen LogP contribution in [0.2, 0.25) is 0 Å². The molecule has 2 aromatic rings. The van der Waals surface area contributed by atoms with Gasteiger partial charge in [0.2, 0.25) is 0 Å². The predicted octanol–water partition coefficient (Wildman–Crippen LogP) is 4.55. The molecule has 0 spiro atoms. The second-order valence-electron chi connectivity index (χ2n) is 8.30. The van der Waals surface area contributed by atoms with Crippen molar-refractivity contribution in [3.05, 3.63) is 70.8 Å². The molecule has 1 heterocycles. The lowest BCUT2D eigenvalue weighted by molar-refractivity contribution is -0.140. The van der Waals surface area contributed by atoms with E-state index in [4.69, 9.17) is 4.74 Å². The van der Waals surface area contributed by atoms with Gasteiger partial charge < -0.3 is 19.6 Å². The van der Waals surface area contributed by atoms with E-state index < -0.39 is 17.7 Å². The second kappa shape index (κ2) is 11.1. The van der Waals surface area contributed by atoms with E-state index >= 15 is 0 Å². The van der Waals surface area contributed by atoms with Crippen molar-refractivity contribution in [2.45, 2.75) is 40.2 Å². The molecular formula is C27H34N2O4. The Hall–Kier alpha value is -3.12. The maximum absolute atomic E-state index is 13.1. The van der Waals surface area contributed by atoms with Crippen molar-refractivity contribution in [2.75, 3.05) is 32.8 Å². The molecule has 0 bridgehead atoms. The van der Waals surface area contributed by atoms with Crippen molar-refractivity contribution in [3.63, 3.8) is 0 Å². The maximum Gasteiger partial charge on any atom is 0.295 e. The van der Waals surface area contributed by atoms with Crippen LogP contribution in [0, 0.1) is 6.92 Å². The summed E-state index contributed by atoms with van der Waals surface area (Å²) in [6.07, 6.45) is 0.898. The fourth-order valence-corrected chi connectivity index (χ4v) is 4.08. The standard InChI is InChI=1S/C27H34N2O4/c1-5-18-33-22-14-12-21(13-15-22)25(30)23-24(20-10-8-19(4)9-11-20)29(27(32)26(23)31)17-16-28(6-2)7-3/h8-15,24,30H,5-7,16-18H2,1-4H3/b25-23+. The van der Waals surface area contributed by atoms with Gasteiger partial charge in [-0.3, -0.25) is 9.59 Å². The summed E-state index contributed by atoms with van der Waals surface area (Å²) in [5, 5.41) is 11.2. The number of aliphatic hydroxyl groups is 1. The first kappa shape index (κ1) is 24.5. The summed E-state index contributed by atoms with van der Waals surface area (Å²) in [7, 11) is 0. The Morgan fingerprint density at radius 1 is 1.00 bits per heavy atom. The number of ether oxygens (including phenoxy) is 1. The van der Waals surface area contributed by atoms with Gasteiger partial charge in [-0.05, 0) is 56.3 Å². The normalized spacial score (nSPS) is 17.7. The summed E-state index contributed by atoms with van der Waals surface area (Å²) in [5.41, 5.74) is 2.51. The Morgan fingerprint density at radius 2 is 1.64 bits per heavy atom. The fraction of sp³-hybridized carbons (Fsp3) is 0.407. The number of carbonyl (C=O) groups is 2. The zero-order chi connectivity index (χ0) is 24.0. The van der Waals surface area contributed by atoms with E-state index in [0.717, 1.165) is 30.6 Å². The van der Waals surface area contributed by atoms with Crippen LogP contribution in [0.1, 0.15) is 49.9 Å². The third-order valence-corrected chi connectivity index (χ3v) is 6.09. The van der Waals surface area contributed by atoms with Crippen LogP contribution in [-0.4, -0.2) is 59.4 Å². The summed E-state index contributed by atoms with van der Waals surface area (Å²) in [4.78, 5) is 30.0. The van der Waals surface area contributed by atoms with Gasteiger partial charge in [0.05, 0.1) is 18.2 Å². The van der Waals surface area contributed by atoms with Crippen LogP contribution in [0.4, 0.5) is 0 Å². The van der Waals surface area contributed by atoms with Gasteiger partial charge in [0.1, 0.15) is 11.5 Å². The highest BCUT2D eigenvalue weighted by molar-refractivity contribution is 6.46. The van der Waals surface area contributed by atoms with E-state index in [1.165, 1.54) is 0 Å². The average Bonchev–Trinajstić information content (AvgIpc) is 3.08. The van der Waals surface area contributed by atoms with Crippen LogP contribution in [-0.2, 0) is 9.59 Å². The molecule has 1 atom stereocenters. The Bertz CT molecular complexity index is 992. The number of likely N-dealkylation sites (N-methyl/N-ethyl adjacent to an activating group) is 1. The van der Waals surface area contributed by atoms with Gasteiger partial charge in [-0.25, -0.2) is 0 Å². The second-order valence-corrected chi connectivity index (χ2v) is 8.30. The van der Waals surface area contributed by atoms with Crippen molar-refractivity contribution < 1.29 is 19.4 Å². The topological polar surface area (TPSA) is 70.1 Å². The molecule has 1 N–H and O–H groups in total. The van der Waals surface area contributed by atoms with E-state index in [1.54, 1.807) is 29.2 Å². The molecule has 3 rings (SSSR count). The molecule has 176 valence electrons. The van der Waals surface area contributed by atoms with Crippen LogP contribution in [0.25, 0.3) is 5.76 Å². The first-order valence-electron chi connectivity index (χ1n) is 11.7. The minimum absolute atomic E-state index is 0.130. The molecule has 2 aromatic carbocycles. The summed E-state index contributed by atoms with van der Waals surface area (Å²) >= 11 is 0. The smallest absolute Gasteiger partial charge is 0.295 e. The van der Waals surface area contributed by atoms with E-state index in [9.17, 15) is 14.7 Å². The number of aliphatic hydroxyl groups excluding tert-OH is 1. The molecule has 1 saturated heterocycles. The molecule has 1 aliphatic rings. The quantitative estimate of drug-likeness (QED) is 0.327. The Kier molecular flexibility index (Phi) is 8.28. The molecule has 0 aromatic heterocycles. The minimum atomic E-state index is -0.649. The van der Waals surface area contributed by atoms with E-state index in [-0.39, 0.29) is 11.3 Å². The molecule has 6 heteroatoms. The lowest BCUT2D eigenvalue weighted by atomic mass is 9.94. The molecule has 33 heavy (non-hydrogen) atoms. The van der Waals surface area contributed by atoms with Crippen molar-refractivity contribution in [1.82, 2.24) is 9.80 Å². The van der Waals surface area contributed by atoms with Gasteiger partial charge >= 0.3 is 0 Å². The van der Waals surface area contributed by atoms with Crippen LogP contribution >= 0.6 is 0 Å². The Labute approximate surface area is 196 Å². The van der Waals surface area contributed by atoms with E-state index in [0.29, 0.717) is 31.0 Å². The molecule has 6 nitrogen and oxygen atoms in total. The Morgan fingerprint density at radius 3 is 2.21 bits per heavy atom. The fourth-order valence-electron chi connectivity index (χ4n) is 4.08. The van der Waals surface area contributed by atoms with Gasteiger partial charge in [-0.15, -0.1) is 0 Å². The highest BCUT2D eigenvalue weighted by Crippen LogP contribution is 2.39. The van der Waals surface area contributed by atoms with Crippen molar-refractivity contribution >= 4 is 17.4 Å². The SMILES string of the molecule is CCCOc1ccc(/C(O)=C2\C(=O)C(=O)N(CCN(CC)CC)C2c2ccc(C)cc2)cc1. The number of carbonyl (C=O) groups excluding carboxylic acids is 2. The first-order valence-corrected chi connectivity index (χ1v) is 11.7. The number of benzene rings is 2. The largest absolute Gasteiger partial charge is 0.507 e. The summed E-state index contributed by atoms with van der Waals surface area (Å²) in [5.74, 6) is -0.685. The highest BCUT2D eigenvalue weighted by atomic mass is 16.5. The summed E-state index contributed by atoms with van der Waals surface area (Å²) < 4.78 is 5.62. The van der Waals surface area contributed by atoms with Crippen molar-refractivity contribution in [1.29, 1.82) is 0 Å². The average molecular weight is 451 g/mol. The number of hydrogen-bond donors (Lipinski definition) is 1. The highest BCUT2D eigenvalue weighted by Gasteiger charge is 2.45. The number of likely N-dealkylation sites (tertiary alicyclic amines) is 1. The number of ketones is 1. The van der Waals surface area contributed by atoms with Crippen LogP contribution in [0.3, 0.4) is 0 Å². The summed E-state index contributed by atoms with van der Waals surface area (Å²) in [6, 6.07) is 14.1. The van der Waals surface area contributed by atoms with Gasteiger partial charge in [0.15, 0.2) is 0 Å². The van der Waals surface area contributed by atoms with Crippen molar-refractivity contribution in [3.8, 4) is 5.75 Å². The number of hydrogen-bond acceptors (Lipinski definition) is 5. The van der Waals surface area contributed by atoms with Crippen LogP contribution < -0.4 is 4.74 Å². The number of aryl methyl sites for hydroxylation is 1. The molecule has 0 aliphatic carbocycles. The number of nitrogens with zero attached hydrogens (tertiary/aromatic N) is 2. The number of amides is 1. The van der Waals surface area contributed by atoms with E-state index in [1.807, 2.05) is 38.1 Å². The molecule has 1 unspecified atom stereocenters. The lowest BCUT2D eigenvalue weighted by Crippen LogP contribution is -2.38.